The summed E-state index contributed by atoms with van der Waals surface area (Å²) in [5.74, 6) is -0.195. The Morgan fingerprint density at radius 1 is 1.22 bits per heavy atom. The van der Waals surface area contributed by atoms with Crippen LogP contribution in [0, 0.1) is 0 Å². The number of imidazole rings is 1. The van der Waals surface area contributed by atoms with E-state index in [-0.39, 0.29) is 11.9 Å². The molecule has 0 unspecified atom stereocenters. The van der Waals surface area contributed by atoms with Gasteiger partial charge in [-0.2, -0.15) is 0 Å². The van der Waals surface area contributed by atoms with Crippen LogP contribution in [0.5, 0.6) is 0 Å². The molecular formula is C19H20N6O2. The minimum atomic E-state index is -0.195. The van der Waals surface area contributed by atoms with Crippen molar-refractivity contribution in [2.45, 2.75) is 13.0 Å². The standard InChI is InChI=1S/C19H20N6O2/c1-23(2)19(27)24-7-6-13-12(10-24)8-21-9-14(13)18(26)25-11-22-17-15(20)4-3-5-16(17)25/h3-5,8-9,11H,6-7,10,20H2,1-2H3. The lowest BCUT2D eigenvalue weighted by Crippen LogP contribution is -2.42. The largest absolute Gasteiger partial charge is 0.397 e. The number of anilines is 1. The second-order valence-corrected chi connectivity index (χ2v) is 6.81. The van der Waals surface area contributed by atoms with Gasteiger partial charge in [-0.15, -0.1) is 0 Å². The first kappa shape index (κ1) is 17.0. The van der Waals surface area contributed by atoms with Gasteiger partial charge in [-0.1, -0.05) is 6.07 Å². The number of urea groups is 1. The van der Waals surface area contributed by atoms with Gasteiger partial charge in [0.1, 0.15) is 11.8 Å². The molecular weight excluding hydrogens is 344 g/mol. The van der Waals surface area contributed by atoms with E-state index in [1.165, 1.54) is 10.9 Å². The van der Waals surface area contributed by atoms with Gasteiger partial charge in [0.15, 0.2) is 0 Å². The number of nitrogens with two attached hydrogens (primary N) is 1. The molecule has 0 saturated heterocycles. The molecule has 0 aliphatic carbocycles. The van der Waals surface area contributed by atoms with E-state index in [0.29, 0.717) is 41.8 Å². The van der Waals surface area contributed by atoms with Crippen molar-refractivity contribution < 1.29 is 9.59 Å². The Bertz CT molecular complexity index is 1060. The van der Waals surface area contributed by atoms with Crippen LogP contribution in [0.2, 0.25) is 0 Å². The molecule has 8 nitrogen and oxygen atoms in total. The van der Waals surface area contributed by atoms with Crippen molar-refractivity contribution in [1.29, 1.82) is 0 Å². The van der Waals surface area contributed by atoms with Gasteiger partial charge in [-0.05, 0) is 29.7 Å². The molecule has 3 heterocycles. The Hall–Kier alpha value is -3.42. The number of carbonyl (C=O) groups excluding carboxylic acids is 2. The Kier molecular flexibility index (Phi) is 4.02. The highest BCUT2D eigenvalue weighted by Gasteiger charge is 2.26. The van der Waals surface area contributed by atoms with Crippen molar-refractivity contribution in [3.8, 4) is 0 Å². The molecule has 1 aromatic carbocycles. The fraction of sp³-hybridized carbons (Fsp3) is 0.263. The molecule has 3 aromatic rings. The second-order valence-electron chi connectivity index (χ2n) is 6.81. The second kappa shape index (κ2) is 6.39. The van der Waals surface area contributed by atoms with Gasteiger partial charge in [0.2, 0.25) is 0 Å². The van der Waals surface area contributed by atoms with Crippen LogP contribution in [0.3, 0.4) is 0 Å². The lowest BCUT2D eigenvalue weighted by molar-refractivity contribution is 0.0962. The van der Waals surface area contributed by atoms with Gasteiger partial charge in [0, 0.05) is 39.6 Å². The number of para-hydroxylation sites is 1. The third kappa shape index (κ3) is 2.79. The molecule has 0 atom stereocenters. The molecule has 2 aromatic heterocycles. The van der Waals surface area contributed by atoms with Gasteiger partial charge in [-0.3, -0.25) is 14.3 Å². The van der Waals surface area contributed by atoms with Crippen LogP contribution in [-0.4, -0.2) is 56.9 Å². The molecule has 0 spiro atoms. The van der Waals surface area contributed by atoms with Crippen LogP contribution in [0.1, 0.15) is 21.5 Å². The SMILES string of the molecule is CN(C)C(=O)N1CCc2c(cncc2C(=O)n2cnc3c(N)cccc32)C1. The number of aromatic nitrogens is 3. The Balaban J connectivity index is 1.72. The highest BCUT2D eigenvalue weighted by atomic mass is 16.2. The van der Waals surface area contributed by atoms with Crippen LogP contribution >= 0.6 is 0 Å². The predicted octanol–water partition coefficient (Wildman–Crippen LogP) is 1.74. The Morgan fingerprint density at radius 2 is 2.04 bits per heavy atom. The summed E-state index contributed by atoms with van der Waals surface area (Å²) in [6, 6.07) is 5.32. The smallest absolute Gasteiger partial charge is 0.319 e. The molecule has 138 valence electrons. The number of hydrogen-bond donors (Lipinski definition) is 1. The average Bonchev–Trinajstić information content (AvgIpc) is 3.11. The highest BCUT2D eigenvalue weighted by Crippen LogP contribution is 2.25. The molecule has 27 heavy (non-hydrogen) atoms. The maximum atomic E-state index is 13.2. The van der Waals surface area contributed by atoms with E-state index in [1.54, 1.807) is 48.4 Å². The van der Waals surface area contributed by atoms with Crippen molar-refractivity contribution >= 4 is 28.7 Å². The maximum Gasteiger partial charge on any atom is 0.319 e. The fourth-order valence-electron chi connectivity index (χ4n) is 3.48. The average molecular weight is 364 g/mol. The summed E-state index contributed by atoms with van der Waals surface area (Å²) < 4.78 is 1.50. The van der Waals surface area contributed by atoms with E-state index in [1.807, 2.05) is 6.07 Å². The minimum absolute atomic E-state index is 0.0477. The van der Waals surface area contributed by atoms with E-state index in [4.69, 9.17) is 5.73 Å². The molecule has 1 aliphatic rings. The van der Waals surface area contributed by atoms with Crippen molar-refractivity contribution in [1.82, 2.24) is 24.3 Å². The molecule has 2 N–H and O–H groups in total. The van der Waals surface area contributed by atoms with Crippen molar-refractivity contribution in [3.63, 3.8) is 0 Å². The fourth-order valence-corrected chi connectivity index (χ4v) is 3.48. The van der Waals surface area contributed by atoms with Crippen LogP contribution in [0.15, 0.2) is 36.9 Å². The van der Waals surface area contributed by atoms with Crippen LogP contribution in [0.4, 0.5) is 10.5 Å². The van der Waals surface area contributed by atoms with Crippen LogP contribution in [-0.2, 0) is 13.0 Å². The third-order valence-corrected chi connectivity index (χ3v) is 4.85. The first-order valence-electron chi connectivity index (χ1n) is 8.65. The summed E-state index contributed by atoms with van der Waals surface area (Å²) in [6.07, 6.45) is 5.41. The van der Waals surface area contributed by atoms with Crippen molar-refractivity contribution in [2.24, 2.45) is 0 Å². The summed E-state index contributed by atoms with van der Waals surface area (Å²) >= 11 is 0. The quantitative estimate of drug-likeness (QED) is 0.664. The summed E-state index contributed by atoms with van der Waals surface area (Å²) in [5.41, 5.74) is 10.1. The normalized spacial score (nSPS) is 13.5. The van der Waals surface area contributed by atoms with Gasteiger partial charge in [0.25, 0.3) is 5.91 Å². The number of pyridine rings is 1. The molecule has 2 amide bonds. The maximum absolute atomic E-state index is 13.2. The predicted molar refractivity (Wildman–Crippen MR) is 101 cm³/mol. The van der Waals surface area contributed by atoms with E-state index in [0.717, 1.165) is 11.1 Å². The number of nitrogens with zero attached hydrogens (tertiary/aromatic N) is 5. The van der Waals surface area contributed by atoms with E-state index in [9.17, 15) is 9.59 Å². The Labute approximate surface area is 156 Å². The van der Waals surface area contributed by atoms with Crippen LogP contribution in [0.25, 0.3) is 11.0 Å². The number of rotatable bonds is 1. The number of amides is 2. The molecule has 0 saturated carbocycles. The van der Waals surface area contributed by atoms with E-state index < -0.39 is 0 Å². The number of hydrogen-bond acceptors (Lipinski definition) is 5. The molecule has 0 bridgehead atoms. The van der Waals surface area contributed by atoms with Gasteiger partial charge >= 0.3 is 6.03 Å². The zero-order chi connectivity index (χ0) is 19.1. The number of carbonyl (C=O) groups is 2. The molecule has 8 heteroatoms. The molecule has 1 aliphatic heterocycles. The number of nitrogen functional groups attached to an aromatic ring is 1. The monoisotopic (exact) mass is 364 g/mol. The molecule has 0 radical (unpaired) electrons. The molecule has 4 rings (SSSR count). The zero-order valence-electron chi connectivity index (χ0n) is 15.2. The first-order valence-corrected chi connectivity index (χ1v) is 8.65. The highest BCUT2D eigenvalue weighted by molar-refractivity contribution is 6.03. The summed E-state index contributed by atoms with van der Waals surface area (Å²) in [4.78, 5) is 37.2. The van der Waals surface area contributed by atoms with Gasteiger partial charge in [0.05, 0.1) is 16.8 Å². The molecule has 0 fully saturated rings. The topological polar surface area (TPSA) is 97.4 Å². The minimum Gasteiger partial charge on any atom is -0.397 e. The van der Waals surface area contributed by atoms with Gasteiger partial charge in [-0.25, -0.2) is 9.78 Å². The lowest BCUT2D eigenvalue weighted by Gasteiger charge is -2.31. The van der Waals surface area contributed by atoms with Crippen LogP contribution < -0.4 is 5.73 Å². The third-order valence-electron chi connectivity index (χ3n) is 4.85. The first-order chi connectivity index (χ1) is 13.0. The summed E-state index contributed by atoms with van der Waals surface area (Å²) in [6.45, 7) is 1.00. The summed E-state index contributed by atoms with van der Waals surface area (Å²) in [7, 11) is 3.46. The van der Waals surface area contributed by atoms with E-state index >= 15 is 0 Å². The number of benzene rings is 1. The van der Waals surface area contributed by atoms with Crippen molar-refractivity contribution in [2.75, 3.05) is 26.4 Å². The number of fused-ring (bicyclic) bond motifs is 2. The summed E-state index contributed by atoms with van der Waals surface area (Å²) in [5, 5.41) is 0. The Morgan fingerprint density at radius 3 is 2.81 bits per heavy atom. The zero-order valence-corrected chi connectivity index (χ0v) is 15.2. The van der Waals surface area contributed by atoms with Crippen molar-refractivity contribution in [3.05, 3.63) is 53.6 Å². The lowest BCUT2D eigenvalue weighted by atomic mass is 9.96. The van der Waals surface area contributed by atoms with Gasteiger partial charge < -0.3 is 15.5 Å². The van der Waals surface area contributed by atoms with E-state index in [2.05, 4.69) is 9.97 Å².